The molecule has 0 saturated heterocycles. The largest absolute Gasteiger partial charge is 0.287 e. The van der Waals surface area contributed by atoms with Gasteiger partial charge in [-0.1, -0.05) is 23.2 Å². The number of hydrogen-bond acceptors (Lipinski definition) is 2. The third-order valence-corrected chi connectivity index (χ3v) is 1.01. The standard InChI is InChI=1S/C3H2Cl3N3/c4-1(7)2(5)9-3(6)8/h7-8H. The lowest BCUT2D eigenvalue weighted by atomic mass is 10.8. The molecule has 3 nitrogen and oxygen atoms in total. The molecule has 0 spiro atoms. The average Bonchev–Trinajstić information content (AvgIpc) is 1.63. The lowest BCUT2D eigenvalue weighted by molar-refractivity contribution is 1.50. The molecule has 50 valence electrons. The predicted molar refractivity (Wildman–Crippen MR) is 40.4 cm³/mol. The van der Waals surface area contributed by atoms with Crippen LogP contribution < -0.4 is 0 Å². The second kappa shape index (κ2) is 3.82. The zero-order valence-electron chi connectivity index (χ0n) is 4.08. The van der Waals surface area contributed by atoms with Crippen LogP contribution in [-0.4, -0.2) is 15.6 Å². The van der Waals surface area contributed by atoms with Crippen molar-refractivity contribution in [3.63, 3.8) is 0 Å². The first kappa shape index (κ1) is 8.88. The Morgan fingerprint density at radius 3 is 1.67 bits per heavy atom. The van der Waals surface area contributed by atoms with Gasteiger partial charge in [-0.25, -0.2) is 4.99 Å². The van der Waals surface area contributed by atoms with E-state index in [4.69, 9.17) is 45.6 Å². The van der Waals surface area contributed by atoms with E-state index in [0.29, 0.717) is 0 Å². The molecule has 2 N–H and O–H groups in total. The third kappa shape index (κ3) is 4.39. The molecule has 0 amide bonds. The molecule has 0 aromatic carbocycles. The topological polar surface area (TPSA) is 60.1 Å². The van der Waals surface area contributed by atoms with Crippen LogP contribution in [0, 0.1) is 10.8 Å². The van der Waals surface area contributed by atoms with Crippen LogP contribution in [0.5, 0.6) is 0 Å². The molecule has 0 aliphatic rings. The van der Waals surface area contributed by atoms with Gasteiger partial charge < -0.3 is 0 Å². The van der Waals surface area contributed by atoms with E-state index < -0.39 is 10.5 Å². The maximum Gasteiger partial charge on any atom is 0.216 e. The Hall–Kier alpha value is -0.120. The predicted octanol–water partition coefficient (Wildman–Crippen LogP) is 2.01. The Kier molecular flexibility index (Phi) is 3.77. The smallest absolute Gasteiger partial charge is 0.216 e. The second-order valence-electron chi connectivity index (χ2n) is 1.01. The summed E-state index contributed by atoms with van der Waals surface area (Å²) < 4.78 is 0. The first-order valence-corrected chi connectivity index (χ1v) is 2.90. The molecule has 0 aromatic heterocycles. The number of rotatable bonds is 1. The van der Waals surface area contributed by atoms with E-state index >= 15 is 0 Å². The van der Waals surface area contributed by atoms with Gasteiger partial charge in [0.25, 0.3) is 0 Å². The molecule has 0 saturated carbocycles. The van der Waals surface area contributed by atoms with Crippen LogP contribution in [0.25, 0.3) is 0 Å². The van der Waals surface area contributed by atoms with Crippen molar-refractivity contribution in [3.05, 3.63) is 0 Å². The van der Waals surface area contributed by atoms with Gasteiger partial charge in [-0.15, -0.1) is 0 Å². The van der Waals surface area contributed by atoms with Gasteiger partial charge in [-0.2, -0.15) is 0 Å². The van der Waals surface area contributed by atoms with Crippen LogP contribution in [0.2, 0.25) is 0 Å². The van der Waals surface area contributed by atoms with Gasteiger partial charge in [0, 0.05) is 0 Å². The number of nitrogens with one attached hydrogen (secondary N) is 2. The first-order valence-electron chi connectivity index (χ1n) is 1.76. The lowest BCUT2D eigenvalue weighted by Crippen LogP contribution is -1.98. The van der Waals surface area contributed by atoms with Gasteiger partial charge in [0.2, 0.25) is 5.29 Å². The van der Waals surface area contributed by atoms with Gasteiger partial charge in [-0.3, -0.25) is 10.8 Å². The zero-order valence-corrected chi connectivity index (χ0v) is 6.35. The zero-order chi connectivity index (χ0) is 7.44. The van der Waals surface area contributed by atoms with Gasteiger partial charge in [0.15, 0.2) is 10.3 Å². The van der Waals surface area contributed by atoms with E-state index in [1.807, 2.05) is 0 Å². The van der Waals surface area contributed by atoms with Crippen LogP contribution in [-0.2, 0) is 0 Å². The number of aliphatic imine (C=N–C) groups is 1. The molecule has 0 aliphatic heterocycles. The SMILES string of the molecule is N=C(Cl)N=C(Cl)C(=N)Cl. The fraction of sp³-hybridized carbons (Fsp3) is 0. The maximum absolute atomic E-state index is 6.64. The lowest BCUT2D eigenvalue weighted by Gasteiger charge is -1.86. The number of nitrogens with zero attached hydrogens (tertiary/aromatic N) is 1. The summed E-state index contributed by atoms with van der Waals surface area (Å²) in [7, 11) is 0. The minimum absolute atomic E-state index is 0.281. The summed E-state index contributed by atoms with van der Waals surface area (Å²) in [5, 5.41) is 12.0. The number of hydrogen-bond donors (Lipinski definition) is 2. The van der Waals surface area contributed by atoms with Gasteiger partial charge in [0.05, 0.1) is 0 Å². The van der Waals surface area contributed by atoms with E-state index in [1.54, 1.807) is 0 Å². The van der Waals surface area contributed by atoms with Crippen LogP contribution in [0.15, 0.2) is 4.99 Å². The van der Waals surface area contributed by atoms with Crippen LogP contribution in [0.1, 0.15) is 0 Å². The monoisotopic (exact) mass is 185 g/mol. The fourth-order valence-corrected chi connectivity index (χ4v) is 0.390. The Bertz CT molecular complexity index is 173. The second-order valence-corrected chi connectivity index (χ2v) is 2.10. The average molecular weight is 186 g/mol. The van der Waals surface area contributed by atoms with E-state index in [0.717, 1.165) is 0 Å². The Morgan fingerprint density at radius 1 is 1.11 bits per heavy atom. The molecule has 0 aliphatic carbocycles. The van der Waals surface area contributed by atoms with Crippen molar-refractivity contribution in [1.29, 1.82) is 10.8 Å². The maximum atomic E-state index is 6.64. The molecule has 9 heavy (non-hydrogen) atoms. The highest BCUT2D eigenvalue weighted by Crippen LogP contribution is 1.95. The highest BCUT2D eigenvalue weighted by molar-refractivity contribution is 7.00. The number of amidine groups is 1. The van der Waals surface area contributed by atoms with Crippen molar-refractivity contribution >= 4 is 50.4 Å². The molecule has 0 rings (SSSR count). The molecule has 0 heterocycles. The van der Waals surface area contributed by atoms with Crippen LogP contribution in [0.4, 0.5) is 0 Å². The highest BCUT2D eigenvalue weighted by atomic mass is 35.5. The van der Waals surface area contributed by atoms with E-state index in [1.165, 1.54) is 0 Å². The first-order chi connectivity index (χ1) is 4.04. The summed E-state index contributed by atoms with van der Waals surface area (Å²) in [6, 6.07) is 0. The van der Waals surface area contributed by atoms with Crippen LogP contribution in [0.3, 0.4) is 0 Å². The Balaban J connectivity index is 4.17. The van der Waals surface area contributed by atoms with Crippen LogP contribution >= 0.6 is 34.8 Å². The van der Waals surface area contributed by atoms with E-state index in [-0.39, 0.29) is 5.17 Å². The summed E-state index contributed by atoms with van der Waals surface area (Å²) in [4.78, 5) is 3.15. The van der Waals surface area contributed by atoms with Crippen molar-refractivity contribution in [2.24, 2.45) is 4.99 Å². The highest BCUT2D eigenvalue weighted by Gasteiger charge is 1.98. The summed E-state index contributed by atoms with van der Waals surface area (Å²) in [5.41, 5.74) is 0. The normalized spacial score (nSPS) is 11.2. The quantitative estimate of drug-likeness (QED) is 0.358. The van der Waals surface area contributed by atoms with Crippen molar-refractivity contribution in [1.82, 2.24) is 0 Å². The minimum Gasteiger partial charge on any atom is -0.287 e. The molecular weight excluding hydrogens is 184 g/mol. The van der Waals surface area contributed by atoms with Crippen molar-refractivity contribution < 1.29 is 0 Å². The third-order valence-electron chi connectivity index (χ3n) is 0.377. The van der Waals surface area contributed by atoms with Gasteiger partial charge in [-0.05, 0) is 11.6 Å². The van der Waals surface area contributed by atoms with Crippen molar-refractivity contribution in [3.8, 4) is 0 Å². The van der Waals surface area contributed by atoms with Crippen molar-refractivity contribution in [2.75, 3.05) is 0 Å². The molecule has 0 aromatic rings. The summed E-state index contributed by atoms with van der Waals surface area (Å²) >= 11 is 15.2. The minimum atomic E-state index is -0.495. The van der Waals surface area contributed by atoms with Crippen molar-refractivity contribution in [2.45, 2.75) is 0 Å². The molecule has 0 fully saturated rings. The molecular formula is C3H2Cl3N3. The molecule has 0 atom stereocenters. The van der Waals surface area contributed by atoms with Gasteiger partial charge in [0.1, 0.15) is 0 Å². The molecule has 0 unspecified atom stereocenters. The molecule has 6 heteroatoms. The Labute approximate surface area is 66.6 Å². The molecule has 0 radical (unpaired) electrons. The number of halogens is 3. The van der Waals surface area contributed by atoms with E-state index in [2.05, 4.69) is 4.99 Å². The fourth-order valence-electron chi connectivity index (χ4n) is 0.135. The van der Waals surface area contributed by atoms with Gasteiger partial charge >= 0.3 is 0 Å². The summed E-state index contributed by atoms with van der Waals surface area (Å²) in [6.07, 6.45) is 0. The van der Waals surface area contributed by atoms with E-state index in [9.17, 15) is 0 Å². The Morgan fingerprint density at radius 2 is 1.56 bits per heavy atom. The summed E-state index contributed by atoms with van der Waals surface area (Å²) in [5.74, 6) is 0. The summed E-state index contributed by atoms with van der Waals surface area (Å²) in [6.45, 7) is 0. The molecule has 0 bridgehead atoms.